The molecule has 0 saturated heterocycles. The summed E-state index contributed by atoms with van der Waals surface area (Å²) in [6, 6.07) is 7.97. The van der Waals surface area contributed by atoms with Crippen molar-refractivity contribution in [3.63, 3.8) is 0 Å². The van der Waals surface area contributed by atoms with Crippen LogP contribution in [0.15, 0.2) is 34.0 Å². The van der Waals surface area contributed by atoms with Gasteiger partial charge in [-0.25, -0.2) is 4.98 Å². The minimum absolute atomic E-state index is 0.799. The van der Waals surface area contributed by atoms with Crippen LogP contribution in [0.2, 0.25) is 0 Å². The first kappa shape index (κ1) is 16.2. The normalized spacial score (nSPS) is 10.7. The van der Waals surface area contributed by atoms with E-state index in [4.69, 9.17) is 9.72 Å². The van der Waals surface area contributed by atoms with E-state index in [0.29, 0.717) is 0 Å². The predicted molar refractivity (Wildman–Crippen MR) is 97.7 cm³/mol. The maximum atomic E-state index is 5.18. The number of ether oxygens (including phenoxy) is 1. The van der Waals surface area contributed by atoms with Crippen molar-refractivity contribution in [3.05, 3.63) is 35.3 Å². The number of nitrogens with one attached hydrogen (secondary N) is 1. The van der Waals surface area contributed by atoms with Crippen LogP contribution in [0.1, 0.15) is 12.6 Å². The molecule has 0 aliphatic rings. The number of benzene rings is 1. The summed E-state index contributed by atoms with van der Waals surface area (Å²) < 4.78 is 6.14. The second kappa shape index (κ2) is 7.76. The molecule has 2 aromatic heterocycles. The number of thiazole rings is 1. The maximum Gasteiger partial charge on any atom is 0.206 e. The monoisotopic (exact) mass is 364 g/mol. The Balaban J connectivity index is 1.62. The first-order valence-electron chi connectivity index (χ1n) is 7.07. The first-order chi connectivity index (χ1) is 11.3. The van der Waals surface area contributed by atoms with Gasteiger partial charge in [-0.3, -0.25) is 0 Å². The van der Waals surface area contributed by atoms with E-state index in [0.717, 1.165) is 43.8 Å². The third-order valence-corrected chi connectivity index (χ3v) is 5.95. The Morgan fingerprint density at radius 1 is 1.22 bits per heavy atom. The standard InChI is InChI=1S/C15H16N4OS3/c1-3-16-14-18-19-15(23-14)22-9-11-8-21-13(17-11)10-4-6-12(20-2)7-5-10/h4-8H,3,9H2,1-2H3,(H,16,18). The van der Waals surface area contributed by atoms with Crippen molar-refractivity contribution >= 4 is 39.6 Å². The number of aromatic nitrogens is 3. The molecule has 0 saturated carbocycles. The van der Waals surface area contributed by atoms with Crippen molar-refractivity contribution in [2.75, 3.05) is 19.0 Å². The van der Waals surface area contributed by atoms with Gasteiger partial charge in [-0.2, -0.15) is 0 Å². The minimum atomic E-state index is 0.799. The summed E-state index contributed by atoms with van der Waals surface area (Å²) >= 11 is 4.89. The average Bonchev–Trinajstić information content (AvgIpc) is 3.23. The Hall–Kier alpha value is -1.64. The number of nitrogens with zero attached hydrogens (tertiary/aromatic N) is 3. The van der Waals surface area contributed by atoms with E-state index in [1.54, 1.807) is 41.5 Å². The summed E-state index contributed by atoms with van der Waals surface area (Å²) in [5.41, 5.74) is 2.17. The van der Waals surface area contributed by atoms with Gasteiger partial charge in [0, 0.05) is 23.2 Å². The van der Waals surface area contributed by atoms with Gasteiger partial charge in [0.05, 0.1) is 12.8 Å². The fraction of sp³-hybridized carbons (Fsp3) is 0.267. The molecule has 23 heavy (non-hydrogen) atoms. The molecular weight excluding hydrogens is 348 g/mol. The van der Waals surface area contributed by atoms with E-state index in [2.05, 4.69) is 20.9 Å². The number of hydrogen-bond donors (Lipinski definition) is 1. The van der Waals surface area contributed by atoms with Crippen molar-refractivity contribution in [2.45, 2.75) is 17.0 Å². The summed E-state index contributed by atoms with van der Waals surface area (Å²) in [5.74, 6) is 1.65. The lowest BCUT2D eigenvalue weighted by atomic mass is 10.2. The van der Waals surface area contributed by atoms with Crippen LogP contribution < -0.4 is 10.1 Å². The zero-order chi connectivity index (χ0) is 16.1. The molecule has 3 aromatic rings. The molecular formula is C15H16N4OS3. The minimum Gasteiger partial charge on any atom is -0.497 e. The third-order valence-electron chi connectivity index (χ3n) is 2.97. The molecule has 5 nitrogen and oxygen atoms in total. The van der Waals surface area contributed by atoms with Crippen molar-refractivity contribution in [1.29, 1.82) is 0 Å². The molecule has 1 N–H and O–H groups in total. The van der Waals surface area contributed by atoms with Gasteiger partial charge < -0.3 is 10.1 Å². The zero-order valence-electron chi connectivity index (χ0n) is 12.8. The highest BCUT2D eigenvalue weighted by molar-refractivity contribution is 8.00. The van der Waals surface area contributed by atoms with Crippen LogP contribution in [-0.2, 0) is 5.75 Å². The fourth-order valence-electron chi connectivity index (χ4n) is 1.87. The van der Waals surface area contributed by atoms with E-state index >= 15 is 0 Å². The van der Waals surface area contributed by atoms with Gasteiger partial charge in [-0.05, 0) is 31.2 Å². The van der Waals surface area contributed by atoms with Crippen LogP contribution in [0, 0.1) is 0 Å². The number of rotatable bonds is 7. The smallest absolute Gasteiger partial charge is 0.206 e. The molecule has 120 valence electrons. The Morgan fingerprint density at radius 2 is 2.04 bits per heavy atom. The highest BCUT2D eigenvalue weighted by atomic mass is 32.2. The third kappa shape index (κ3) is 4.21. The molecule has 0 aliphatic heterocycles. The lowest BCUT2D eigenvalue weighted by Crippen LogP contribution is -1.94. The van der Waals surface area contributed by atoms with Gasteiger partial charge in [0.25, 0.3) is 0 Å². The molecule has 3 rings (SSSR count). The molecule has 0 unspecified atom stereocenters. The molecule has 0 radical (unpaired) electrons. The van der Waals surface area contributed by atoms with Gasteiger partial charge in [-0.1, -0.05) is 23.1 Å². The Labute approximate surface area is 147 Å². The van der Waals surface area contributed by atoms with E-state index in [9.17, 15) is 0 Å². The molecule has 8 heteroatoms. The number of anilines is 1. The molecule has 0 atom stereocenters. The predicted octanol–water partition coefficient (Wildman–Crippen LogP) is 4.39. The van der Waals surface area contributed by atoms with Crippen LogP contribution in [0.4, 0.5) is 5.13 Å². The summed E-state index contributed by atoms with van der Waals surface area (Å²) in [4.78, 5) is 4.69. The SMILES string of the molecule is CCNc1nnc(SCc2csc(-c3ccc(OC)cc3)n2)s1. The molecule has 0 aliphatic carbocycles. The van der Waals surface area contributed by atoms with E-state index in [-0.39, 0.29) is 0 Å². The van der Waals surface area contributed by atoms with Gasteiger partial charge in [0.1, 0.15) is 10.8 Å². The Morgan fingerprint density at radius 3 is 2.78 bits per heavy atom. The second-order valence-corrected chi connectivity index (χ2v) is 7.62. The van der Waals surface area contributed by atoms with E-state index in [1.165, 1.54) is 0 Å². The largest absolute Gasteiger partial charge is 0.497 e. The van der Waals surface area contributed by atoms with Gasteiger partial charge in [0.2, 0.25) is 5.13 Å². The highest BCUT2D eigenvalue weighted by Gasteiger charge is 2.08. The first-order valence-corrected chi connectivity index (χ1v) is 9.75. The molecule has 0 fully saturated rings. The highest BCUT2D eigenvalue weighted by Crippen LogP contribution is 2.31. The summed E-state index contributed by atoms with van der Waals surface area (Å²) in [5, 5.41) is 15.4. The van der Waals surface area contributed by atoms with Gasteiger partial charge >= 0.3 is 0 Å². The number of thioether (sulfide) groups is 1. The Bertz CT molecular complexity index is 754. The maximum absolute atomic E-state index is 5.18. The van der Waals surface area contributed by atoms with Crippen molar-refractivity contribution in [3.8, 4) is 16.3 Å². The fourth-order valence-corrected chi connectivity index (χ4v) is 4.51. The summed E-state index contributed by atoms with van der Waals surface area (Å²) in [6.45, 7) is 2.90. The van der Waals surface area contributed by atoms with Crippen molar-refractivity contribution in [2.24, 2.45) is 0 Å². The second-order valence-electron chi connectivity index (χ2n) is 4.56. The van der Waals surface area contributed by atoms with Crippen molar-refractivity contribution in [1.82, 2.24) is 15.2 Å². The van der Waals surface area contributed by atoms with E-state index in [1.807, 2.05) is 31.2 Å². The van der Waals surface area contributed by atoms with E-state index < -0.39 is 0 Å². The quantitative estimate of drug-likeness (QED) is 0.627. The zero-order valence-corrected chi connectivity index (χ0v) is 15.2. The number of hydrogen-bond acceptors (Lipinski definition) is 8. The van der Waals surface area contributed by atoms with Crippen molar-refractivity contribution < 1.29 is 4.74 Å². The van der Waals surface area contributed by atoms with Crippen LogP contribution in [0.25, 0.3) is 10.6 Å². The van der Waals surface area contributed by atoms with Gasteiger partial charge in [0.15, 0.2) is 4.34 Å². The Kier molecular flexibility index (Phi) is 5.47. The van der Waals surface area contributed by atoms with Crippen LogP contribution in [0.3, 0.4) is 0 Å². The average molecular weight is 365 g/mol. The molecule has 0 spiro atoms. The number of methoxy groups -OCH3 is 1. The lowest BCUT2D eigenvalue weighted by Gasteiger charge is -2.00. The summed E-state index contributed by atoms with van der Waals surface area (Å²) in [6.07, 6.45) is 0. The van der Waals surface area contributed by atoms with Gasteiger partial charge in [-0.15, -0.1) is 21.5 Å². The molecule has 0 bridgehead atoms. The van der Waals surface area contributed by atoms with Crippen LogP contribution >= 0.6 is 34.4 Å². The topological polar surface area (TPSA) is 59.9 Å². The molecule has 1 aromatic carbocycles. The molecule has 2 heterocycles. The van der Waals surface area contributed by atoms with Crippen LogP contribution in [0.5, 0.6) is 5.75 Å². The lowest BCUT2D eigenvalue weighted by molar-refractivity contribution is 0.415. The molecule has 0 amide bonds. The summed E-state index contributed by atoms with van der Waals surface area (Å²) in [7, 11) is 1.67. The van der Waals surface area contributed by atoms with Crippen LogP contribution in [-0.4, -0.2) is 28.8 Å².